The normalized spacial score (nSPS) is 13.5. The largest absolute Gasteiger partial charge is 0.457 e. The smallest absolute Gasteiger partial charge is 0.227 e. The van der Waals surface area contributed by atoms with Gasteiger partial charge in [-0.2, -0.15) is 0 Å². The zero-order valence-electron chi connectivity index (χ0n) is 17.2. The van der Waals surface area contributed by atoms with Crippen LogP contribution < -0.4 is 10.1 Å². The number of fused-ring (bicyclic) bond motifs is 1. The van der Waals surface area contributed by atoms with Crippen LogP contribution in [0.4, 0.5) is 5.95 Å². The Kier molecular flexibility index (Phi) is 6.20. The Labute approximate surface area is 176 Å². The molecule has 0 unspecified atom stereocenters. The highest BCUT2D eigenvalue weighted by molar-refractivity contribution is 5.80. The highest BCUT2D eigenvalue weighted by Gasteiger charge is 2.14. The Morgan fingerprint density at radius 3 is 2.83 bits per heavy atom. The summed E-state index contributed by atoms with van der Waals surface area (Å²) in [5.74, 6) is 2.05. The van der Waals surface area contributed by atoms with Crippen LogP contribution in [0.1, 0.15) is 12.8 Å². The van der Waals surface area contributed by atoms with Crippen LogP contribution >= 0.6 is 0 Å². The lowest BCUT2D eigenvalue weighted by Gasteiger charge is -2.27. The summed E-state index contributed by atoms with van der Waals surface area (Å²) >= 11 is 0. The van der Waals surface area contributed by atoms with Gasteiger partial charge in [-0.15, -0.1) is 0 Å². The van der Waals surface area contributed by atoms with Crippen molar-refractivity contribution < 1.29 is 9.47 Å². The molecule has 0 radical (unpaired) electrons. The summed E-state index contributed by atoms with van der Waals surface area (Å²) in [5, 5.41) is 4.30. The lowest BCUT2D eigenvalue weighted by Crippen LogP contribution is -2.26. The highest BCUT2D eigenvalue weighted by Crippen LogP contribution is 2.26. The summed E-state index contributed by atoms with van der Waals surface area (Å²) in [5.41, 5.74) is 3.11. The zero-order valence-corrected chi connectivity index (χ0v) is 17.2. The van der Waals surface area contributed by atoms with Crippen LogP contribution in [0.25, 0.3) is 10.9 Å². The number of nitrogens with one attached hydrogen (secondary N) is 1. The lowest BCUT2D eigenvalue weighted by atomic mass is 10.1. The van der Waals surface area contributed by atoms with Gasteiger partial charge < -0.3 is 19.7 Å². The lowest BCUT2D eigenvalue weighted by molar-refractivity contribution is 0.172. The minimum atomic E-state index is 0.574. The van der Waals surface area contributed by atoms with Crippen molar-refractivity contribution in [3.05, 3.63) is 72.5 Å². The first-order valence-electron chi connectivity index (χ1n) is 9.94. The van der Waals surface area contributed by atoms with Crippen molar-refractivity contribution >= 4 is 16.9 Å². The highest BCUT2D eigenvalue weighted by atomic mass is 16.5. The quantitative estimate of drug-likeness (QED) is 0.599. The van der Waals surface area contributed by atoms with Gasteiger partial charge in [0.1, 0.15) is 11.5 Å². The van der Waals surface area contributed by atoms with Crippen LogP contribution in [0.5, 0.6) is 11.5 Å². The molecule has 2 heterocycles. The number of nitrogens with zero attached hydrogens (tertiary/aromatic N) is 4. The topological polar surface area (TPSA) is 72.4 Å². The molecule has 0 saturated carbocycles. The molecule has 0 aliphatic heterocycles. The van der Waals surface area contributed by atoms with Crippen molar-refractivity contribution in [2.45, 2.75) is 12.8 Å². The van der Waals surface area contributed by atoms with Gasteiger partial charge in [0.15, 0.2) is 0 Å². The number of anilines is 1. The van der Waals surface area contributed by atoms with Crippen molar-refractivity contribution in [1.82, 2.24) is 19.9 Å². The molecule has 7 heteroatoms. The van der Waals surface area contributed by atoms with E-state index in [0.717, 1.165) is 47.5 Å². The van der Waals surface area contributed by atoms with Gasteiger partial charge in [0.25, 0.3) is 0 Å². The molecule has 0 bridgehead atoms. The van der Waals surface area contributed by atoms with Gasteiger partial charge in [-0.1, -0.05) is 6.08 Å². The van der Waals surface area contributed by atoms with Crippen LogP contribution in [0, 0.1) is 0 Å². The third kappa shape index (κ3) is 4.75. The van der Waals surface area contributed by atoms with Gasteiger partial charge in [0.05, 0.1) is 17.8 Å². The summed E-state index contributed by atoms with van der Waals surface area (Å²) in [4.78, 5) is 15.4. The SMILES string of the molecule is COCCN(C)C1=C(Nc2ncc3cc(Oc4ccncc4)ccc3n2)C=CCC1. The fraction of sp³-hybridized carbons (Fsp3) is 0.261. The molecule has 1 aromatic carbocycles. The van der Waals surface area contributed by atoms with E-state index in [2.05, 4.69) is 44.4 Å². The van der Waals surface area contributed by atoms with Crippen molar-refractivity contribution in [1.29, 1.82) is 0 Å². The van der Waals surface area contributed by atoms with E-state index in [9.17, 15) is 0 Å². The van der Waals surface area contributed by atoms with E-state index in [1.54, 1.807) is 19.5 Å². The number of benzene rings is 1. The Bertz CT molecular complexity index is 1070. The average Bonchev–Trinajstić information content (AvgIpc) is 2.78. The predicted molar refractivity (Wildman–Crippen MR) is 117 cm³/mol. The second-order valence-electron chi connectivity index (χ2n) is 7.04. The monoisotopic (exact) mass is 403 g/mol. The van der Waals surface area contributed by atoms with E-state index in [1.165, 1.54) is 5.70 Å². The van der Waals surface area contributed by atoms with Crippen LogP contribution in [0.3, 0.4) is 0 Å². The number of likely N-dealkylation sites (N-methyl/N-ethyl adjacent to an activating group) is 1. The van der Waals surface area contributed by atoms with Crippen LogP contribution in [-0.4, -0.2) is 47.2 Å². The molecule has 0 saturated heterocycles. The number of rotatable bonds is 8. The minimum Gasteiger partial charge on any atom is -0.457 e. The molecule has 0 fully saturated rings. The van der Waals surface area contributed by atoms with Crippen molar-refractivity contribution in [3.63, 3.8) is 0 Å². The summed E-state index contributed by atoms with van der Waals surface area (Å²) in [6, 6.07) is 9.42. The minimum absolute atomic E-state index is 0.574. The maximum atomic E-state index is 5.87. The first-order chi connectivity index (χ1) is 14.7. The average molecular weight is 403 g/mol. The second kappa shape index (κ2) is 9.37. The van der Waals surface area contributed by atoms with Gasteiger partial charge in [0, 0.05) is 50.4 Å². The molecule has 30 heavy (non-hydrogen) atoms. The Balaban J connectivity index is 1.53. The maximum absolute atomic E-state index is 5.87. The molecular weight excluding hydrogens is 378 g/mol. The zero-order chi connectivity index (χ0) is 20.8. The molecule has 1 N–H and O–H groups in total. The van der Waals surface area contributed by atoms with Crippen LogP contribution in [0.2, 0.25) is 0 Å². The molecule has 0 atom stereocenters. The van der Waals surface area contributed by atoms with Gasteiger partial charge in [-0.05, 0) is 49.2 Å². The molecule has 1 aliphatic rings. The first-order valence-corrected chi connectivity index (χ1v) is 9.94. The number of allylic oxidation sites excluding steroid dienone is 3. The fourth-order valence-electron chi connectivity index (χ4n) is 3.32. The molecule has 3 aromatic rings. The number of methoxy groups -OCH3 is 1. The molecule has 7 nitrogen and oxygen atoms in total. The summed E-state index contributed by atoms with van der Waals surface area (Å²) in [6.45, 7) is 1.52. The van der Waals surface area contributed by atoms with Gasteiger partial charge in [0.2, 0.25) is 5.95 Å². The van der Waals surface area contributed by atoms with E-state index in [-0.39, 0.29) is 0 Å². The van der Waals surface area contributed by atoms with E-state index in [4.69, 9.17) is 9.47 Å². The predicted octanol–water partition coefficient (Wildman–Crippen LogP) is 4.37. The van der Waals surface area contributed by atoms with Crippen LogP contribution in [0.15, 0.2) is 72.5 Å². The summed E-state index contributed by atoms with van der Waals surface area (Å²) < 4.78 is 11.1. The molecule has 1 aliphatic carbocycles. The number of hydrogen-bond donors (Lipinski definition) is 1. The second-order valence-corrected chi connectivity index (χ2v) is 7.04. The van der Waals surface area contributed by atoms with Gasteiger partial charge >= 0.3 is 0 Å². The van der Waals surface area contributed by atoms with Crippen molar-refractivity contribution in [3.8, 4) is 11.5 Å². The molecule has 4 rings (SSSR count). The molecule has 154 valence electrons. The third-order valence-electron chi connectivity index (χ3n) is 4.92. The first kappa shape index (κ1) is 19.8. The number of ether oxygens (including phenoxy) is 2. The summed E-state index contributed by atoms with van der Waals surface area (Å²) in [7, 11) is 3.80. The maximum Gasteiger partial charge on any atom is 0.227 e. The van der Waals surface area contributed by atoms with E-state index >= 15 is 0 Å². The van der Waals surface area contributed by atoms with E-state index in [1.807, 2.05) is 36.5 Å². The molecular formula is C23H25N5O2. The molecule has 0 amide bonds. The molecule has 2 aromatic heterocycles. The Hall–Kier alpha value is -3.45. The number of aromatic nitrogens is 3. The molecule has 0 spiro atoms. The van der Waals surface area contributed by atoms with E-state index in [0.29, 0.717) is 12.6 Å². The standard InChI is InChI=1S/C23H25N5O2/c1-28(13-14-29-2)22-6-4-3-5-21(22)27-23-25-16-17-15-19(7-8-20(17)26-23)30-18-9-11-24-12-10-18/h3,5,7-12,15-16H,4,6,13-14H2,1-2H3,(H,25,26,27). The van der Waals surface area contributed by atoms with Gasteiger partial charge in [-0.3, -0.25) is 4.98 Å². The fourth-order valence-corrected chi connectivity index (χ4v) is 3.32. The van der Waals surface area contributed by atoms with E-state index < -0.39 is 0 Å². The number of hydrogen-bond acceptors (Lipinski definition) is 7. The Morgan fingerprint density at radius 2 is 2.00 bits per heavy atom. The third-order valence-corrected chi connectivity index (χ3v) is 4.92. The number of pyridine rings is 1. The van der Waals surface area contributed by atoms with Gasteiger partial charge in [-0.25, -0.2) is 9.97 Å². The summed E-state index contributed by atoms with van der Waals surface area (Å²) in [6.07, 6.45) is 11.5. The van der Waals surface area contributed by atoms with Crippen molar-refractivity contribution in [2.75, 3.05) is 32.6 Å². The van der Waals surface area contributed by atoms with Crippen LogP contribution in [-0.2, 0) is 4.74 Å². The van der Waals surface area contributed by atoms with Crippen molar-refractivity contribution in [2.24, 2.45) is 0 Å². The Morgan fingerprint density at radius 1 is 1.13 bits per heavy atom.